The summed E-state index contributed by atoms with van der Waals surface area (Å²) >= 11 is 0. The maximum atomic E-state index is 12.3. The van der Waals surface area contributed by atoms with Crippen molar-refractivity contribution in [2.24, 2.45) is 0 Å². The van der Waals surface area contributed by atoms with E-state index < -0.39 is 29.7 Å². The highest BCUT2D eigenvalue weighted by molar-refractivity contribution is 5.92. The molecule has 1 aliphatic heterocycles. The molecule has 1 unspecified atom stereocenters. The zero-order valence-electron chi connectivity index (χ0n) is 10.5. The summed E-state index contributed by atoms with van der Waals surface area (Å²) in [6.07, 6.45) is -4.09. The van der Waals surface area contributed by atoms with Gasteiger partial charge in [0.2, 0.25) is 5.91 Å². The highest BCUT2D eigenvalue weighted by Gasteiger charge is 2.35. The van der Waals surface area contributed by atoms with Crippen molar-refractivity contribution in [3.8, 4) is 0 Å². The highest BCUT2D eigenvalue weighted by atomic mass is 19.4. The summed E-state index contributed by atoms with van der Waals surface area (Å²) in [4.78, 5) is 24.2. The van der Waals surface area contributed by atoms with Gasteiger partial charge in [-0.05, 0) is 6.92 Å². The van der Waals surface area contributed by atoms with E-state index in [-0.39, 0.29) is 19.8 Å². The van der Waals surface area contributed by atoms with E-state index in [1.807, 2.05) is 0 Å². The first kappa shape index (κ1) is 15.5. The smallest absolute Gasteiger partial charge is 0.412 e. The maximum Gasteiger partial charge on any atom is 0.412 e. The van der Waals surface area contributed by atoms with Crippen LogP contribution < -0.4 is 0 Å². The third-order valence-electron chi connectivity index (χ3n) is 2.67. The molecular formula is C11H14F3NO4. The molecule has 0 aromatic carbocycles. The van der Waals surface area contributed by atoms with Crippen LogP contribution in [0.3, 0.4) is 0 Å². The molecule has 0 radical (unpaired) electrons. The lowest BCUT2D eigenvalue weighted by atomic mass is 10.2. The number of methoxy groups -OCH3 is 1. The number of hydrogen-bond donors (Lipinski definition) is 0. The summed E-state index contributed by atoms with van der Waals surface area (Å²) in [6.45, 7) is 0.918. The van der Waals surface area contributed by atoms with Crippen LogP contribution in [0.2, 0.25) is 0 Å². The van der Waals surface area contributed by atoms with Gasteiger partial charge >= 0.3 is 12.1 Å². The minimum atomic E-state index is -4.57. The molecular weight excluding hydrogens is 267 g/mol. The fourth-order valence-electron chi connectivity index (χ4n) is 1.55. The summed E-state index contributed by atoms with van der Waals surface area (Å²) in [7, 11) is 1.14. The molecule has 1 fully saturated rings. The number of ether oxygens (including phenoxy) is 2. The second-order valence-electron chi connectivity index (χ2n) is 3.97. The number of amides is 1. The van der Waals surface area contributed by atoms with Crippen LogP contribution in [-0.2, 0) is 19.1 Å². The van der Waals surface area contributed by atoms with E-state index in [9.17, 15) is 22.8 Å². The second kappa shape index (κ2) is 6.05. The van der Waals surface area contributed by atoms with Gasteiger partial charge in [-0.15, -0.1) is 0 Å². The molecule has 0 saturated carbocycles. The van der Waals surface area contributed by atoms with E-state index in [2.05, 4.69) is 4.74 Å². The molecule has 0 N–H and O–H groups in total. The van der Waals surface area contributed by atoms with Gasteiger partial charge in [-0.1, -0.05) is 0 Å². The van der Waals surface area contributed by atoms with Crippen LogP contribution in [0.25, 0.3) is 0 Å². The average Bonchev–Trinajstić information content (AvgIpc) is 2.36. The molecule has 0 spiro atoms. The van der Waals surface area contributed by atoms with Gasteiger partial charge in [-0.2, -0.15) is 13.2 Å². The predicted octanol–water partition coefficient (Wildman–Crippen LogP) is 0.895. The van der Waals surface area contributed by atoms with Gasteiger partial charge in [0.15, 0.2) is 6.04 Å². The molecule has 1 saturated heterocycles. The molecule has 5 nitrogen and oxygen atoms in total. The van der Waals surface area contributed by atoms with Gasteiger partial charge < -0.3 is 14.4 Å². The molecule has 108 valence electrons. The number of hydrogen-bond acceptors (Lipinski definition) is 4. The van der Waals surface area contributed by atoms with Gasteiger partial charge in [0.25, 0.3) is 0 Å². The molecule has 0 bridgehead atoms. The minimum absolute atomic E-state index is 0.0419. The number of allylic oxidation sites excluding steroid dienone is 1. The van der Waals surface area contributed by atoms with Crippen molar-refractivity contribution in [3.05, 3.63) is 11.6 Å². The Morgan fingerprint density at radius 3 is 2.58 bits per heavy atom. The summed E-state index contributed by atoms with van der Waals surface area (Å²) in [5.41, 5.74) is -1.02. The lowest BCUT2D eigenvalue weighted by Crippen LogP contribution is -2.52. The van der Waals surface area contributed by atoms with Crippen molar-refractivity contribution in [2.75, 3.05) is 26.9 Å². The highest BCUT2D eigenvalue weighted by Crippen LogP contribution is 2.25. The molecule has 19 heavy (non-hydrogen) atoms. The van der Waals surface area contributed by atoms with Gasteiger partial charge in [0.1, 0.15) is 0 Å². The number of nitrogens with zero attached hydrogens (tertiary/aromatic N) is 1. The van der Waals surface area contributed by atoms with Crippen LogP contribution in [0.5, 0.6) is 0 Å². The largest absolute Gasteiger partial charge is 0.467 e. The monoisotopic (exact) mass is 281 g/mol. The Labute approximate surface area is 107 Å². The SMILES string of the molecule is COC(=O)C1COCCN1C(=O)/C=C(\C)C(F)(F)F. The van der Waals surface area contributed by atoms with Crippen LogP contribution in [-0.4, -0.2) is 55.9 Å². The van der Waals surface area contributed by atoms with Gasteiger partial charge in [0, 0.05) is 18.2 Å². The maximum absolute atomic E-state index is 12.3. The molecule has 1 atom stereocenters. The number of morpholine rings is 1. The average molecular weight is 281 g/mol. The zero-order valence-corrected chi connectivity index (χ0v) is 10.5. The third-order valence-corrected chi connectivity index (χ3v) is 2.67. The van der Waals surface area contributed by atoms with E-state index in [0.29, 0.717) is 6.08 Å². The number of esters is 1. The zero-order chi connectivity index (χ0) is 14.6. The van der Waals surface area contributed by atoms with Crippen molar-refractivity contribution in [1.82, 2.24) is 4.90 Å². The van der Waals surface area contributed by atoms with Crippen LogP contribution in [0.1, 0.15) is 6.92 Å². The van der Waals surface area contributed by atoms with Crippen molar-refractivity contribution in [3.63, 3.8) is 0 Å². The van der Waals surface area contributed by atoms with Crippen LogP contribution >= 0.6 is 0 Å². The topological polar surface area (TPSA) is 55.8 Å². The van der Waals surface area contributed by atoms with Crippen molar-refractivity contribution in [1.29, 1.82) is 0 Å². The Morgan fingerprint density at radius 2 is 2.05 bits per heavy atom. The van der Waals surface area contributed by atoms with E-state index in [4.69, 9.17) is 4.74 Å². The van der Waals surface area contributed by atoms with Gasteiger partial charge in [-0.25, -0.2) is 4.79 Å². The number of carbonyl (C=O) groups is 2. The minimum Gasteiger partial charge on any atom is -0.467 e. The Balaban J connectivity index is 2.87. The fourth-order valence-corrected chi connectivity index (χ4v) is 1.55. The standard InChI is InChI=1S/C11H14F3NO4/c1-7(11(12,13)14)5-9(16)15-3-4-19-6-8(15)10(17)18-2/h5,8H,3-4,6H2,1-2H3/b7-5+. The first-order chi connectivity index (χ1) is 8.77. The Bertz CT molecular complexity index is 392. The summed E-state index contributed by atoms with van der Waals surface area (Å²) in [5, 5.41) is 0. The molecule has 0 aromatic rings. The molecule has 0 aromatic heterocycles. The second-order valence-corrected chi connectivity index (χ2v) is 3.97. The lowest BCUT2D eigenvalue weighted by Gasteiger charge is -2.33. The van der Waals surface area contributed by atoms with E-state index >= 15 is 0 Å². The Hall–Kier alpha value is -1.57. The number of alkyl halides is 3. The predicted molar refractivity (Wildman–Crippen MR) is 58.1 cm³/mol. The summed E-state index contributed by atoms with van der Waals surface area (Å²) in [6, 6.07) is -1.01. The van der Waals surface area contributed by atoms with E-state index in [0.717, 1.165) is 18.9 Å². The van der Waals surface area contributed by atoms with Gasteiger partial charge in [0.05, 0.1) is 20.3 Å². The molecule has 8 heteroatoms. The van der Waals surface area contributed by atoms with Crippen molar-refractivity contribution >= 4 is 11.9 Å². The molecule has 1 amide bonds. The summed E-state index contributed by atoms with van der Waals surface area (Å²) < 4.78 is 46.5. The third kappa shape index (κ3) is 3.95. The molecule has 1 heterocycles. The van der Waals surface area contributed by atoms with Crippen LogP contribution in [0.15, 0.2) is 11.6 Å². The fraction of sp³-hybridized carbons (Fsp3) is 0.636. The Morgan fingerprint density at radius 1 is 1.42 bits per heavy atom. The Kier molecular flexibility index (Phi) is 4.93. The van der Waals surface area contributed by atoms with Crippen LogP contribution in [0.4, 0.5) is 13.2 Å². The quantitative estimate of drug-likeness (QED) is 0.557. The number of carbonyl (C=O) groups excluding carboxylic acids is 2. The number of rotatable bonds is 2. The van der Waals surface area contributed by atoms with E-state index in [1.165, 1.54) is 0 Å². The van der Waals surface area contributed by atoms with Crippen molar-refractivity contribution < 1.29 is 32.2 Å². The lowest BCUT2D eigenvalue weighted by molar-refractivity contribution is -0.159. The number of halogens is 3. The van der Waals surface area contributed by atoms with Crippen LogP contribution in [0, 0.1) is 0 Å². The normalized spacial score (nSPS) is 21.2. The molecule has 1 aliphatic rings. The first-order valence-electron chi connectivity index (χ1n) is 5.49. The summed E-state index contributed by atoms with van der Waals surface area (Å²) in [5.74, 6) is -1.60. The first-order valence-corrected chi connectivity index (χ1v) is 5.49. The van der Waals surface area contributed by atoms with E-state index in [1.54, 1.807) is 0 Å². The molecule has 0 aliphatic carbocycles. The molecule has 1 rings (SSSR count). The van der Waals surface area contributed by atoms with Crippen molar-refractivity contribution in [2.45, 2.75) is 19.1 Å². The van der Waals surface area contributed by atoms with Gasteiger partial charge in [-0.3, -0.25) is 4.79 Å².